The zero-order valence-corrected chi connectivity index (χ0v) is 26.7. The molecule has 0 spiro atoms. The van der Waals surface area contributed by atoms with Crippen LogP contribution in [-0.2, 0) is 14.3 Å². The summed E-state index contributed by atoms with van der Waals surface area (Å²) in [7, 11) is 3.12. The maximum Gasteiger partial charge on any atom is 0.265 e. The van der Waals surface area contributed by atoms with E-state index in [4.69, 9.17) is 14.2 Å². The van der Waals surface area contributed by atoms with E-state index in [1.165, 1.54) is 18.1 Å². The smallest absolute Gasteiger partial charge is 0.265 e. The molecule has 14 heteroatoms. The number of rotatable bonds is 5. The monoisotopic (exact) mass is 635 g/mol. The zero-order chi connectivity index (χ0) is 33.0. The normalized spacial score (nSPS) is 21.7. The van der Waals surface area contributed by atoms with Crippen molar-refractivity contribution in [2.75, 3.05) is 40.4 Å². The molecule has 0 radical (unpaired) electrons. The molecule has 3 aromatic rings. The third kappa shape index (κ3) is 7.22. The standard InChI is InChI=1S/C32H41N7O7/c1-18(2)25-16-39(31(42)21-6-8-23-24(14-21)36-37-35-23)17-28(40)33-19(3)29(32(43)38-12-10-22(44-4)11-13-38)46-27-15-20(30(41)34-25)7-9-26(27)45-5/h6-9,14-15,18-19,22,25,29H,10-13,16-17H2,1-5H3,(H,33,40)(H,34,41)(H,35,36,37)/t19-,25+,29+/m0/s1. The second kappa shape index (κ2) is 14.1. The number of nitrogens with one attached hydrogen (secondary N) is 3. The Labute approximate surface area is 267 Å². The van der Waals surface area contributed by atoms with E-state index in [0.717, 1.165) is 0 Å². The fourth-order valence-electron chi connectivity index (χ4n) is 5.74. The second-order valence-corrected chi connectivity index (χ2v) is 12.1. The number of fused-ring (bicyclic) bond motifs is 3. The van der Waals surface area contributed by atoms with Gasteiger partial charge in [-0.05, 0) is 62.1 Å². The molecule has 4 amide bonds. The van der Waals surface area contributed by atoms with Crippen LogP contribution in [0.25, 0.3) is 11.0 Å². The number of H-pyrrole nitrogens is 1. The average molecular weight is 636 g/mol. The predicted molar refractivity (Wildman–Crippen MR) is 168 cm³/mol. The van der Waals surface area contributed by atoms with Gasteiger partial charge in [0, 0.05) is 43.9 Å². The highest BCUT2D eigenvalue weighted by atomic mass is 16.5. The number of carbonyl (C=O) groups is 4. The second-order valence-electron chi connectivity index (χ2n) is 12.1. The minimum atomic E-state index is -1.15. The molecule has 46 heavy (non-hydrogen) atoms. The first kappa shape index (κ1) is 32.7. The number of carbonyl (C=O) groups excluding carboxylic acids is 4. The topological polar surface area (TPSA) is 168 Å². The van der Waals surface area contributed by atoms with Crippen LogP contribution in [0, 0.1) is 5.92 Å². The van der Waals surface area contributed by atoms with Crippen molar-refractivity contribution < 1.29 is 33.4 Å². The molecule has 3 N–H and O–H groups in total. The number of benzene rings is 2. The Kier molecular flexibility index (Phi) is 10.0. The van der Waals surface area contributed by atoms with Crippen molar-refractivity contribution in [3.8, 4) is 11.5 Å². The summed E-state index contributed by atoms with van der Waals surface area (Å²) < 4.78 is 17.3. The number of likely N-dealkylation sites (tertiary alicyclic amines) is 1. The van der Waals surface area contributed by atoms with E-state index in [2.05, 4.69) is 26.0 Å². The summed E-state index contributed by atoms with van der Waals surface area (Å²) in [6.45, 7) is 6.19. The van der Waals surface area contributed by atoms with Crippen molar-refractivity contribution in [1.82, 2.24) is 35.8 Å². The summed E-state index contributed by atoms with van der Waals surface area (Å²) >= 11 is 0. The zero-order valence-electron chi connectivity index (χ0n) is 26.7. The molecule has 246 valence electrons. The summed E-state index contributed by atoms with van der Waals surface area (Å²) in [5.74, 6) is -1.20. The lowest BCUT2D eigenvalue weighted by atomic mass is 10.0. The quantitative estimate of drug-likeness (QED) is 0.378. The molecule has 0 aliphatic carbocycles. The van der Waals surface area contributed by atoms with Crippen LogP contribution in [-0.4, -0.2) is 114 Å². The van der Waals surface area contributed by atoms with Gasteiger partial charge in [-0.25, -0.2) is 0 Å². The summed E-state index contributed by atoms with van der Waals surface area (Å²) in [4.78, 5) is 58.1. The van der Waals surface area contributed by atoms with Gasteiger partial charge in [0.25, 0.3) is 17.7 Å². The highest BCUT2D eigenvalue weighted by Gasteiger charge is 2.36. The molecule has 3 heterocycles. The Morgan fingerprint density at radius 2 is 1.72 bits per heavy atom. The maximum atomic E-state index is 13.9. The number of amides is 4. The molecule has 2 aromatic carbocycles. The molecule has 2 bridgehead atoms. The molecule has 5 rings (SSSR count). The van der Waals surface area contributed by atoms with Crippen molar-refractivity contribution in [2.45, 2.75) is 57.9 Å². The van der Waals surface area contributed by atoms with Gasteiger partial charge in [-0.2, -0.15) is 15.4 Å². The Morgan fingerprint density at radius 1 is 0.978 bits per heavy atom. The van der Waals surface area contributed by atoms with E-state index in [1.807, 2.05) is 13.8 Å². The molecular formula is C32H41N7O7. The van der Waals surface area contributed by atoms with Gasteiger partial charge in [-0.1, -0.05) is 13.8 Å². The van der Waals surface area contributed by atoms with Gasteiger partial charge in [0.05, 0.1) is 25.8 Å². The Hall–Kier alpha value is -4.72. The molecule has 1 aromatic heterocycles. The van der Waals surface area contributed by atoms with Gasteiger partial charge in [0.15, 0.2) is 17.6 Å². The largest absolute Gasteiger partial charge is 0.493 e. The highest BCUT2D eigenvalue weighted by Crippen LogP contribution is 2.31. The first-order chi connectivity index (χ1) is 22.1. The van der Waals surface area contributed by atoms with Gasteiger partial charge in [-0.3, -0.25) is 19.2 Å². The predicted octanol–water partition coefficient (Wildman–Crippen LogP) is 1.77. The third-order valence-electron chi connectivity index (χ3n) is 8.58. The van der Waals surface area contributed by atoms with Crippen LogP contribution in [0.5, 0.6) is 11.5 Å². The van der Waals surface area contributed by atoms with Gasteiger partial charge < -0.3 is 34.6 Å². The molecule has 3 atom stereocenters. The van der Waals surface area contributed by atoms with Crippen LogP contribution in [0.4, 0.5) is 0 Å². The number of hydrogen-bond donors (Lipinski definition) is 3. The summed E-state index contributed by atoms with van der Waals surface area (Å²) in [6, 6.07) is 8.32. The molecule has 14 nitrogen and oxygen atoms in total. The fraction of sp³-hybridized carbons (Fsp3) is 0.500. The van der Waals surface area contributed by atoms with E-state index in [9.17, 15) is 19.2 Å². The lowest BCUT2D eigenvalue weighted by Gasteiger charge is -2.36. The van der Waals surface area contributed by atoms with E-state index >= 15 is 0 Å². The Morgan fingerprint density at radius 3 is 2.41 bits per heavy atom. The van der Waals surface area contributed by atoms with E-state index in [0.29, 0.717) is 48.3 Å². The number of methoxy groups -OCH3 is 2. The number of nitrogens with zero attached hydrogens (tertiary/aromatic N) is 4. The van der Waals surface area contributed by atoms with Crippen molar-refractivity contribution in [1.29, 1.82) is 0 Å². The minimum absolute atomic E-state index is 0.0528. The van der Waals surface area contributed by atoms with Crippen LogP contribution in [0.1, 0.15) is 54.3 Å². The van der Waals surface area contributed by atoms with Gasteiger partial charge >= 0.3 is 0 Å². The molecule has 2 aliphatic rings. The molecule has 1 fully saturated rings. The average Bonchev–Trinajstić information content (AvgIpc) is 3.53. The lowest BCUT2D eigenvalue weighted by Crippen LogP contribution is -2.57. The molecule has 2 aliphatic heterocycles. The van der Waals surface area contributed by atoms with Crippen LogP contribution < -0.4 is 20.1 Å². The first-order valence-corrected chi connectivity index (χ1v) is 15.4. The summed E-state index contributed by atoms with van der Waals surface area (Å²) in [5.41, 5.74) is 1.70. The summed E-state index contributed by atoms with van der Waals surface area (Å²) in [6.07, 6.45) is 0.246. The number of hydrogen-bond acceptors (Lipinski definition) is 9. The Balaban J connectivity index is 1.50. The lowest BCUT2D eigenvalue weighted by molar-refractivity contribution is -0.142. The van der Waals surface area contributed by atoms with Crippen LogP contribution in [0.3, 0.4) is 0 Å². The molecule has 0 unspecified atom stereocenters. The van der Waals surface area contributed by atoms with Crippen LogP contribution >= 0.6 is 0 Å². The SMILES string of the molecule is COc1ccc2cc1O[C@@H](C(=O)N1CCC(OC)CC1)[C@H](C)NC(=O)CN(C(=O)c1ccc3n[nH]nc3c1)C[C@H](C(C)C)NC2=O. The molecular weight excluding hydrogens is 594 g/mol. The number of ether oxygens (including phenoxy) is 3. The first-order valence-electron chi connectivity index (χ1n) is 15.4. The number of aromatic amines is 1. The van der Waals surface area contributed by atoms with Crippen molar-refractivity contribution in [3.05, 3.63) is 47.5 Å². The Bertz CT molecular complexity index is 1580. The fourth-order valence-corrected chi connectivity index (χ4v) is 5.74. The minimum Gasteiger partial charge on any atom is -0.493 e. The molecule has 0 saturated carbocycles. The van der Waals surface area contributed by atoms with E-state index in [-0.39, 0.29) is 42.3 Å². The van der Waals surface area contributed by atoms with Crippen molar-refractivity contribution in [3.63, 3.8) is 0 Å². The maximum absolute atomic E-state index is 13.9. The number of aromatic nitrogens is 3. The molecule has 1 saturated heterocycles. The van der Waals surface area contributed by atoms with E-state index in [1.54, 1.807) is 49.3 Å². The van der Waals surface area contributed by atoms with Gasteiger partial charge in [0.2, 0.25) is 5.91 Å². The van der Waals surface area contributed by atoms with Crippen molar-refractivity contribution >= 4 is 34.7 Å². The van der Waals surface area contributed by atoms with Crippen LogP contribution in [0.2, 0.25) is 0 Å². The third-order valence-corrected chi connectivity index (χ3v) is 8.58. The summed E-state index contributed by atoms with van der Waals surface area (Å²) in [5, 5.41) is 16.6. The van der Waals surface area contributed by atoms with Crippen LogP contribution in [0.15, 0.2) is 36.4 Å². The van der Waals surface area contributed by atoms with E-state index < -0.39 is 35.9 Å². The number of piperidine rings is 1. The van der Waals surface area contributed by atoms with Crippen molar-refractivity contribution in [2.24, 2.45) is 5.92 Å². The van der Waals surface area contributed by atoms with Gasteiger partial charge in [0.1, 0.15) is 11.0 Å². The van der Waals surface area contributed by atoms with Gasteiger partial charge in [-0.15, -0.1) is 0 Å². The highest BCUT2D eigenvalue weighted by molar-refractivity contribution is 5.99.